The van der Waals surface area contributed by atoms with Gasteiger partial charge in [-0.2, -0.15) is 0 Å². The van der Waals surface area contributed by atoms with Crippen molar-refractivity contribution in [2.24, 2.45) is 0 Å². The topological polar surface area (TPSA) is 80.4 Å². The highest BCUT2D eigenvalue weighted by Crippen LogP contribution is 2.29. The van der Waals surface area contributed by atoms with E-state index >= 15 is 0 Å². The lowest BCUT2D eigenvalue weighted by atomic mass is 9.99. The molecule has 0 spiro atoms. The average molecular weight is 239 g/mol. The molecule has 0 heterocycles. The highest BCUT2D eigenvalue weighted by molar-refractivity contribution is 6.21. The lowest BCUT2D eigenvalue weighted by Gasteiger charge is -2.06. The molecule has 0 amide bonds. The van der Waals surface area contributed by atoms with Crippen LogP contribution in [0.25, 0.3) is 5.57 Å². The largest absolute Gasteiger partial charge is 0.512 e. The number of rotatable bonds is 3. The summed E-state index contributed by atoms with van der Waals surface area (Å²) in [5.41, 5.74) is -0.829. The third kappa shape index (κ3) is 2.66. The second-order valence-electron chi connectivity index (χ2n) is 3.44. The summed E-state index contributed by atoms with van der Waals surface area (Å²) in [6.07, 6.45) is 0. The predicted molar refractivity (Wildman–Crippen MR) is 59.0 cm³/mol. The van der Waals surface area contributed by atoms with E-state index in [-0.39, 0.29) is 16.9 Å². The summed E-state index contributed by atoms with van der Waals surface area (Å²) in [5.74, 6) is -1.65. The number of hydrogen-bond donors (Lipinski definition) is 1. The molecular formula is C11H10FNO4. The number of nitro benzene ring substituents is 1. The van der Waals surface area contributed by atoms with Gasteiger partial charge in [-0.15, -0.1) is 0 Å². The molecule has 6 heteroatoms. The number of aliphatic hydroxyl groups excluding tert-OH is 1. The number of Topliss-reactive ketones (excluding diaryl/α,β-unsaturated/α-hetero) is 1. The fourth-order valence-corrected chi connectivity index (χ4v) is 1.51. The van der Waals surface area contributed by atoms with Gasteiger partial charge in [0.05, 0.1) is 22.1 Å². The van der Waals surface area contributed by atoms with E-state index in [1.807, 2.05) is 0 Å². The molecule has 17 heavy (non-hydrogen) atoms. The molecular weight excluding hydrogens is 229 g/mol. The molecule has 1 rings (SSSR count). The van der Waals surface area contributed by atoms with Gasteiger partial charge >= 0.3 is 0 Å². The molecule has 1 aromatic rings. The minimum Gasteiger partial charge on any atom is -0.512 e. The normalized spacial score (nSPS) is 11.9. The first kappa shape index (κ1) is 12.8. The lowest BCUT2D eigenvalue weighted by molar-refractivity contribution is -0.385. The third-order valence-corrected chi connectivity index (χ3v) is 2.14. The van der Waals surface area contributed by atoms with Gasteiger partial charge in [-0.3, -0.25) is 14.9 Å². The number of carbonyl (C=O) groups is 1. The fourth-order valence-electron chi connectivity index (χ4n) is 1.51. The van der Waals surface area contributed by atoms with Crippen LogP contribution < -0.4 is 0 Å². The smallest absolute Gasteiger partial charge is 0.280 e. The molecule has 0 saturated heterocycles. The van der Waals surface area contributed by atoms with E-state index < -0.39 is 22.2 Å². The SMILES string of the molecule is CC(=O)/C(=C(/C)O)c1ccc(F)cc1[N+](=O)[O-]. The number of carbonyl (C=O) groups excluding carboxylic acids is 1. The maximum absolute atomic E-state index is 12.9. The fraction of sp³-hybridized carbons (Fsp3) is 0.182. The van der Waals surface area contributed by atoms with Gasteiger partial charge in [0.25, 0.3) is 5.69 Å². The maximum atomic E-state index is 12.9. The Morgan fingerprint density at radius 1 is 1.41 bits per heavy atom. The van der Waals surface area contributed by atoms with Crippen molar-refractivity contribution in [1.29, 1.82) is 0 Å². The molecule has 0 aliphatic rings. The second kappa shape index (κ2) is 4.73. The molecule has 0 fully saturated rings. The number of benzene rings is 1. The summed E-state index contributed by atoms with van der Waals surface area (Å²) in [7, 11) is 0. The first-order valence-electron chi connectivity index (χ1n) is 4.69. The van der Waals surface area contributed by atoms with E-state index in [2.05, 4.69) is 0 Å². The molecule has 0 aliphatic carbocycles. The van der Waals surface area contributed by atoms with E-state index in [0.717, 1.165) is 12.1 Å². The molecule has 0 unspecified atom stereocenters. The number of nitro groups is 1. The minimum atomic E-state index is -0.801. The van der Waals surface area contributed by atoms with Crippen molar-refractivity contribution >= 4 is 17.0 Å². The van der Waals surface area contributed by atoms with Gasteiger partial charge in [-0.25, -0.2) is 4.39 Å². The van der Waals surface area contributed by atoms with Crippen LogP contribution in [0.15, 0.2) is 24.0 Å². The first-order valence-corrected chi connectivity index (χ1v) is 4.69. The molecule has 1 aromatic carbocycles. The van der Waals surface area contributed by atoms with E-state index in [9.17, 15) is 24.4 Å². The highest BCUT2D eigenvalue weighted by Gasteiger charge is 2.22. The Bertz CT molecular complexity index is 518. The summed E-state index contributed by atoms with van der Waals surface area (Å²) in [6.45, 7) is 2.41. The molecule has 5 nitrogen and oxygen atoms in total. The molecule has 0 radical (unpaired) electrons. The number of nitrogens with zero attached hydrogens (tertiary/aromatic N) is 1. The molecule has 0 saturated carbocycles. The van der Waals surface area contributed by atoms with E-state index in [1.54, 1.807) is 0 Å². The quantitative estimate of drug-likeness (QED) is 0.380. The number of halogens is 1. The monoisotopic (exact) mass is 239 g/mol. The summed E-state index contributed by atoms with van der Waals surface area (Å²) >= 11 is 0. The zero-order chi connectivity index (χ0) is 13.2. The van der Waals surface area contributed by atoms with Crippen LogP contribution in [0.5, 0.6) is 0 Å². The van der Waals surface area contributed by atoms with Gasteiger partial charge in [-0.05, 0) is 26.0 Å². The molecule has 0 atom stereocenters. The van der Waals surface area contributed by atoms with Crippen LogP contribution in [0.3, 0.4) is 0 Å². The zero-order valence-electron chi connectivity index (χ0n) is 9.23. The number of allylic oxidation sites excluding steroid dienone is 2. The first-order chi connectivity index (χ1) is 7.84. The van der Waals surface area contributed by atoms with Gasteiger partial charge < -0.3 is 5.11 Å². The Balaban J connectivity index is 3.56. The minimum absolute atomic E-state index is 0.0936. The standard InChI is InChI=1S/C11H10FNO4/c1-6(14)11(7(2)15)9-4-3-8(12)5-10(9)13(16)17/h3-5,14H,1-2H3/b11-6+. The highest BCUT2D eigenvalue weighted by atomic mass is 19.1. The average Bonchev–Trinajstić information content (AvgIpc) is 2.19. The van der Waals surface area contributed by atoms with E-state index in [0.29, 0.717) is 6.07 Å². The van der Waals surface area contributed by atoms with Crippen LogP contribution in [-0.4, -0.2) is 15.8 Å². The van der Waals surface area contributed by atoms with Crippen LogP contribution in [-0.2, 0) is 4.79 Å². The molecule has 0 aromatic heterocycles. The predicted octanol–water partition coefficient (Wildman–Crippen LogP) is 2.61. The van der Waals surface area contributed by atoms with Gasteiger partial charge in [-0.1, -0.05) is 0 Å². The van der Waals surface area contributed by atoms with Crippen LogP contribution in [0.2, 0.25) is 0 Å². The van der Waals surface area contributed by atoms with Gasteiger partial charge in [0.1, 0.15) is 11.6 Å². The molecule has 1 N–H and O–H groups in total. The third-order valence-electron chi connectivity index (χ3n) is 2.14. The van der Waals surface area contributed by atoms with Crippen LogP contribution in [0.1, 0.15) is 19.4 Å². The summed E-state index contributed by atoms with van der Waals surface area (Å²) in [6, 6.07) is 2.80. The van der Waals surface area contributed by atoms with Crippen LogP contribution in [0.4, 0.5) is 10.1 Å². The lowest BCUT2D eigenvalue weighted by Crippen LogP contribution is -2.03. The Hall–Kier alpha value is -2.24. The van der Waals surface area contributed by atoms with E-state index in [4.69, 9.17) is 0 Å². The molecule has 0 aliphatic heterocycles. The second-order valence-corrected chi connectivity index (χ2v) is 3.44. The van der Waals surface area contributed by atoms with Crippen molar-refractivity contribution < 1.29 is 19.2 Å². The van der Waals surface area contributed by atoms with Crippen LogP contribution >= 0.6 is 0 Å². The van der Waals surface area contributed by atoms with Gasteiger partial charge in [0.15, 0.2) is 5.78 Å². The van der Waals surface area contributed by atoms with E-state index in [1.165, 1.54) is 13.8 Å². The van der Waals surface area contributed by atoms with Gasteiger partial charge in [0, 0.05) is 0 Å². The summed E-state index contributed by atoms with van der Waals surface area (Å²) in [5, 5.41) is 20.1. The summed E-state index contributed by atoms with van der Waals surface area (Å²) in [4.78, 5) is 21.3. The Morgan fingerprint density at radius 2 is 2.00 bits per heavy atom. The number of ketones is 1. The Morgan fingerprint density at radius 3 is 2.41 bits per heavy atom. The Kier molecular flexibility index (Phi) is 3.57. The number of hydrogen-bond acceptors (Lipinski definition) is 4. The zero-order valence-corrected chi connectivity index (χ0v) is 9.23. The van der Waals surface area contributed by atoms with Crippen molar-refractivity contribution in [3.63, 3.8) is 0 Å². The van der Waals surface area contributed by atoms with Gasteiger partial charge in [0.2, 0.25) is 0 Å². The molecule has 0 bridgehead atoms. The van der Waals surface area contributed by atoms with Crippen molar-refractivity contribution in [2.75, 3.05) is 0 Å². The van der Waals surface area contributed by atoms with Crippen molar-refractivity contribution in [3.8, 4) is 0 Å². The van der Waals surface area contributed by atoms with Crippen LogP contribution in [0, 0.1) is 15.9 Å². The van der Waals surface area contributed by atoms with Crippen molar-refractivity contribution in [3.05, 3.63) is 45.5 Å². The number of aliphatic hydroxyl groups is 1. The van der Waals surface area contributed by atoms with Crippen molar-refractivity contribution in [1.82, 2.24) is 0 Å². The maximum Gasteiger partial charge on any atom is 0.280 e. The van der Waals surface area contributed by atoms with Crippen molar-refractivity contribution in [2.45, 2.75) is 13.8 Å². The Labute approximate surface area is 96.3 Å². The summed E-state index contributed by atoms with van der Waals surface area (Å²) < 4.78 is 12.9. The molecule has 90 valence electrons.